The Morgan fingerprint density at radius 3 is 2.45 bits per heavy atom. The van der Waals surface area contributed by atoms with Crippen molar-refractivity contribution in [2.24, 2.45) is 7.05 Å². The number of thioether (sulfide) groups is 1. The van der Waals surface area contributed by atoms with Crippen molar-refractivity contribution in [2.45, 2.75) is 30.4 Å². The molecular weight excluding hydrogens is 423 g/mol. The first-order valence-corrected chi connectivity index (χ1v) is 10.3. The van der Waals surface area contributed by atoms with Crippen LogP contribution in [0.5, 0.6) is 5.75 Å². The Balaban J connectivity index is 1.63. The molecule has 8 nitrogen and oxygen atoms in total. The highest BCUT2D eigenvalue weighted by Crippen LogP contribution is 2.27. The van der Waals surface area contributed by atoms with Gasteiger partial charge in [0.1, 0.15) is 0 Å². The maximum atomic E-state index is 13.8. The number of carbonyl (C=O) groups is 2. The number of halogens is 1. The number of carboxylic acids is 1. The van der Waals surface area contributed by atoms with Gasteiger partial charge >= 0.3 is 5.97 Å². The van der Waals surface area contributed by atoms with E-state index < -0.39 is 23.1 Å². The fourth-order valence-corrected chi connectivity index (χ4v) is 3.54. The molecule has 0 radical (unpaired) electrons. The van der Waals surface area contributed by atoms with E-state index in [1.54, 1.807) is 37.6 Å². The van der Waals surface area contributed by atoms with E-state index >= 15 is 0 Å². The van der Waals surface area contributed by atoms with Gasteiger partial charge in [-0.05, 0) is 50.2 Å². The van der Waals surface area contributed by atoms with Gasteiger partial charge in [-0.15, -0.1) is 10.2 Å². The molecule has 0 spiro atoms. The quantitative estimate of drug-likeness (QED) is 0.507. The number of carbonyl (C=O) groups excluding carboxylic acids is 1. The largest absolute Gasteiger partial charge is 0.480 e. The van der Waals surface area contributed by atoms with Crippen molar-refractivity contribution in [3.8, 4) is 5.75 Å². The summed E-state index contributed by atoms with van der Waals surface area (Å²) < 4.78 is 21.2. The van der Waals surface area contributed by atoms with Crippen LogP contribution in [0.3, 0.4) is 0 Å². The summed E-state index contributed by atoms with van der Waals surface area (Å²) in [6.45, 7) is 3.46. The predicted octanol–water partition coefficient (Wildman–Crippen LogP) is 3.91. The molecule has 162 valence electrons. The molecule has 1 aromatic heterocycles. The number of nitrogens with zero attached hydrogens (tertiary/aromatic N) is 3. The summed E-state index contributed by atoms with van der Waals surface area (Å²) in [6.07, 6.45) is -0.555. The number of aromatic nitrogens is 3. The Labute approximate surface area is 182 Å². The first-order chi connectivity index (χ1) is 14.8. The third-order valence-corrected chi connectivity index (χ3v) is 5.56. The van der Waals surface area contributed by atoms with Gasteiger partial charge in [-0.25, -0.2) is 9.18 Å². The van der Waals surface area contributed by atoms with E-state index in [2.05, 4.69) is 15.5 Å². The van der Waals surface area contributed by atoms with Crippen LogP contribution in [0.4, 0.5) is 10.1 Å². The van der Waals surface area contributed by atoms with Crippen molar-refractivity contribution < 1.29 is 23.8 Å². The molecule has 0 fully saturated rings. The van der Waals surface area contributed by atoms with E-state index in [9.17, 15) is 14.0 Å². The number of hydrogen-bond donors (Lipinski definition) is 2. The van der Waals surface area contributed by atoms with Crippen molar-refractivity contribution in [2.75, 3.05) is 5.32 Å². The van der Waals surface area contributed by atoms with E-state index in [-0.39, 0.29) is 17.2 Å². The highest BCUT2D eigenvalue weighted by molar-refractivity contribution is 8.00. The molecule has 1 heterocycles. The summed E-state index contributed by atoms with van der Waals surface area (Å²) in [6, 6.07) is 12.0. The fourth-order valence-electron chi connectivity index (χ4n) is 2.72. The zero-order chi connectivity index (χ0) is 22.5. The number of nitrogens with one attached hydrogen (secondary N) is 1. The van der Waals surface area contributed by atoms with Crippen LogP contribution in [0, 0.1) is 5.82 Å². The average Bonchev–Trinajstić information content (AvgIpc) is 3.10. The number of benzene rings is 2. The van der Waals surface area contributed by atoms with Crippen LogP contribution >= 0.6 is 11.8 Å². The lowest BCUT2D eigenvalue weighted by atomic mass is 10.2. The molecule has 10 heteroatoms. The second kappa shape index (κ2) is 9.61. The molecule has 1 amide bonds. The van der Waals surface area contributed by atoms with E-state index in [0.717, 1.165) is 0 Å². The molecule has 3 rings (SSSR count). The standard InChI is InChI=1S/C21H21FN4O4S/c1-12(30-17-7-5-4-6-16(17)22)18-24-25-21(26(18)3)31-13(2)19(27)23-15-10-8-14(9-11-15)20(28)29/h4-13H,1-3H3,(H,23,27)(H,28,29). The summed E-state index contributed by atoms with van der Waals surface area (Å²) in [4.78, 5) is 23.4. The minimum atomic E-state index is -1.03. The summed E-state index contributed by atoms with van der Waals surface area (Å²) in [5, 5.41) is 19.9. The van der Waals surface area contributed by atoms with E-state index in [1.165, 1.54) is 48.2 Å². The Morgan fingerprint density at radius 1 is 1.13 bits per heavy atom. The number of anilines is 1. The number of carboxylic acid groups (broad SMARTS) is 1. The van der Waals surface area contributed by atoms with E-state index in [4.69, 9.17) is 9.84 Å². The van der Waals surface area contributed by atoms with Gasteiger partial charge in [0.05, 0.1) is 10.8 Å². The minimum Gasteiger partial charge on any atom is -0.480 e. The molecule has 0 saturated heterocycles. The second-order valence-corrected chi connectivity index (χ2v) is 8.03. The molecule has 0 saturated carbocycles. The second-order valence-electron chi connectivity index (χ2n) is 6.72. The lowest BCUT2D eigenvalue weighted by Gasteiger charge is -2.15. The highest BCUT2D eigenvalue weighted by atomic mass is 32.2. The number of amides is 1. The first kappa shape index (κ1) is 22.3. The molecule has 3 aromatic rings. The van der Waals surface area contributed by atoms with Crippen LogP contribution in [0.25, 0.3) is 0 Å². The average molecular weight is 444 g/mol. The molecule has 2 aromatic carbocycles. The van der Waals surface area contributed by atoms with Crippen molar-refractivity contribution in [1.29, 1.82) is 0 Å². The maximum absolute atomic E-state index is 13.8. The third-order valence-electron chi connectivity index (χ3n) is 4.42. The van der Waals surface area contributed by atoms with Gasteiger partial charge in [0.2, 0.25) is 5.91 Å². The molecule has 0 aliphatic heterocycles. The minimum absolute atomic E-state index is 0.119. The van der Waals surface area contributed by atoms with E-state index in [0.29, 0.717) is 16.7 Å². The number of hydrogen-bond acceptors (Lipinski definition) is 6. The molecular formula is C21H21FN4O4S. The molecule has 31 heavy (non-hydrogen) atoms. The lowest BCUT2D eigenvalue weighted by Crippen LogP contribution is -2.23. The Kier molecular flexibility index (Phi) is 6.91. The first-order valence-electron chi connectivity index (χ1n) is 9.37. The van der Waals surface area contributed by atoms with Crippen LogP contribution in [0.15, 0.2) is 53.7 Å². The SMILES string of the molecule is CC(Sc1nnc(C(C)Oc2ccccc2F)n1C)C(=O)Nc1ccc(C(=O)O)cc1. The number of rotatable bonds is 8. The van der Waals surface area contributed by atoms with Crippen LogP contribution in [-0.4, -0.2) is 37.0 Å². The van der Waals surface area contributed by atoms with Gasteiger partial charge in [0.25, 0.3) is 0 Å². The smallest absolute Gasteiger partial charge is 0.335 e. The molecule has 2 atom stereocenters. The van der Waals surface area contributed by atoms with Gasteiger partial charge in [-0.2, -0.15) is 0 Å². The van der Waals surface area contributed by atoms with Gasteiger partial charge in [0.15, 0.2) is 28.7 Å². The molecule has 2 unspecified atom stereocenters. The van der Waals surface area contributed by atoms with Crippen molar-refractivity contribution >= 4 is 29.3 Å². The number of ether oxygens (including phenoxy) is 1. The van der Waals surface area contributed by atoms with Crippen LogP contribution in [0.2, 0.25) is 0 Å². The van der Waals surface area contributed by atoms with Gasteiger partial charge in [-0.1, -0.05) is 23.9 Å². The maximum Gasteiger partial charge on any atom is 0.335 e. The summed E-state index contributed by atoms with van der Waals surface area (Å²) in [5.74, 6) is -1.16. The zero-order valence-electron chi connectivity index (χ0n) is 17.1. The van der Waals surface area contributed by atoms with Gasteiger partial charge in [-0.3, -0.25) is 4.79 Å². The van der Waals surface area contributed by atoms with Gasteiger partial charge in [0, 0.05) is 12.7 Å². The molecule has 0 aliphatic rings. The highest BCUT2D eigenvalue weighted by Gasteiger charge is 2.22. The van der Waals surface area contributed by atoms with E-state index in [1.807, 2.05) is 0 Å². The summed E-state index contributed by atoms with van der Waals surface area (Å²) in [5.41, 5.74) is 0.631. The van der Waals surface area contributed by atoms with Crippen molar-refractivity contribution in [3.63, 3.8) is 0 Å². The predicted molar refractivity (Wildman–Crippen MR) is 114 cm³/mol. The number of para-hydroxylation sites is 1. The Bertz CT molecular complexity index is 1090. The Morgan fingerprint density at radius 2 is 1.81 bits per heavy atom. The topological polar surface area (TPSA) is 106 Å². The van der Waals surface area contributed by atoms with Gasteiger partial charge < -0.3 is 19.7 Å². The third kappa shape index (κ3) is 5.40. The molecule has 0 bridgehead atoms. The normalized spacial score (nSPS) is 12.8. The van der Waals surface area contributed by atoms with Crippen molar-refractivity contribution in [1.82, 2.24) is 14.8 Å². The fraction of sp³-hybridized carbons (Fsp3) is 0.238. The van der Waals surface area contributed by atoms with Crippen LogP contribution in [-0.2, 0) is 11.8 Å². The monoisotopic (exact) mass is 444 g/mol. The summed E-state index contributed by atoms with van der Waals surface area (Å²) in [7, 11) is 1.74. The van der Waals surface area contributed by atoms with Crippen LogP contribution in [0.1, 0.15) is 36.1 Å². The summed E-state index contributed by atoms with van der Waals surface area (Å²) >= 11 is 1.21. The number of aromatic carboxylic acids is 1. The zero-order valence-corrected chi connectivity index (χ0v) is 17.9. The lowest BCUT2D eigenvalue weighted by molar-refractivity contribution is -0.115. The molecule has 0 aliphatic carbocycles. The van der Waals surface area contributed by atoms with Crippen LogP contribution < -0.4 is 10.1 Å². The Hall–Kier alpha value is -3.40. The molecule has 2 N–H and O–H groups in total. The van der Waals surface area contributed by atoms with Crippen molar-refractivity contribution in [3.05, 3.63) is 65.7 Å².